The second-order valence-corrected chi connectivity index (χ2v) is 7.43. The van der Waals surface area contributed by atoms with Gasteiger partial charge in [-0.2, -0.15) is 13.2 Å². The summed E-state index contributed by atoms with van der Waals surface area (Å²) in [6, 6.07) is 31.3. The molecule has 6 heteroatoms. The third-order valence-corrected chi connectivity index (χ3v) is 4.97. The van der Waals surface area contributed by atoms with Crippen molar-refractivity contribution in [2.75, 3.05) is 5.32 Å². The van der Waals surface area contributed by atoms with Crippen molar-refractivity contribution in [3.05, 3.63) is 120 Å². The summed E-state index contributed by atoms with van der Waals surface area (Å²) in [5.41, 5.74) is 4.15. The van der Waals surface area contributed by atoms with E-state index in [2.05, 4.69) is 60.8 Å². The number of alkyl halides is 3. The van der Waals surface area contributed by atoms with Crippen LogP contribution in [0.3, 0.4) is 0 Å². The Labute approximate surface area is 196 Å². The Morgan fingerprint density at radius 1 is 0.794 bits per heavy atom. The van der Waals surface area contributed by atoms with E-state index in [-0.39, 0.29) is 5.69 Å². The molecule has 0 unspecified atom stereocenters. The number of anilines is 1. The van der Waals surface area contributed by atoms with Gasteiger partial charge in [0.25, 0.3) is 0 Å². The van der Waals surface area contributed by atoms with Crippen molar-refractivity contribution in [1.82, 2.24) is 0 Å². The molecule has 1 amide bonds. The summed E-state index contributed by atoms with van der Waals surface area (Å²) in [6.45, 7) is 2.72. The Balaban J connectivity index is 0.000000215. The standard InChI is InChI=1S/C20H18O.C8H6F3NO/c1-16-9-5-6-12-18(16)19-13-7-8-14-20(19)21-15-17-10-3-2-4-11-17;9-8(10,11)6-2-1-3-7(4-6)12-5-13/h2-14H,15H2,1H3;1-5H,(H,12,13). The average molecular weight is 463 g/mol. The van der Waals surface area contributed by atoms with Crippen LogP contribution in [0, 0.1) is 6.92 Å². The molecule has 0 atom stereocenters. The van der Waals surface area contributed by atoms with Crippen LogP contribution in [0.2, 0.25) is 0 Å². The number of para-hydroxylation sites is 1. The van der Waals surface area contributed by atoms with Crippen LogP contribution in [0.5, 0.6) is 5.75 Å². The van der Waals surface area contributed by atoms with Crippen molar-refractivity contribution in [2.45, 2.75) is 19.7 Å². The topological polar surface area (TPSA) is 38.3 Å². The quantitative estimate of drug-likeness (QED) is 0.301. The summed E-state index contributed by atoms with van der Waals surface area (Å²) in [5.74, 6) is 0.927. The number of benzene rings is 4. The predicted octanol–water partition coefficient (Wildman–Crippen LogP) is 7.51. The smallest absolute Gasteiger partial charge is 0.416 e. The van der Waals surface area contributed by atoms with Gasteiger partial charge in [0.15, 0.2) is 0 Å². The minimum atomic E-state index is -4.37. The van der Waals surface area contributed by atoms with Gasteiger partial charge in [-0.05, 0) is 47.9 Å². The van der Waals surface area contributed by atoms with Gasteiger partial charge in [-0.25, -0.2) is 0 Å². The van der Waals surface area contributed by atoms with Gasteiger partial charge in [-0.15, -0.1) is 0 Å². The summed E-state index contributed by atoms with van der Waals surface area (Å²) in [7, 11) is 0. The monoisotopic (exact) mass is 463 g/mol. The number of aryl methyl sites for hydroxylation is 1. The van der Waals surface area contributed by atoms with Crippen LogP contribution in [0.25, 0.3) is 11.1 Å². The molecule has 0 heterocycles. The molecule has 0 spiro atoms. The third kappa shape index (κ3) is 6.97. The summed E-state index contributed by atoms with van der Waals surface area (Å²) in [6.07, 6.45) is -4.05. The van der Waals surface area contributed by atoms with Crippen LogP contribution in [-0.4, -0.2) is 6.41 Å². The van der Waals surface area contributed by atoms with Gasteiger partial charge in [0.05, 0.1) is 5.56 Å². The van der Waals surface area contributed by atoms with Crippen LogP contribution in [0.4, 0.5) is 18.9 Å². The molecule has 4 rings (SSSR count). The van der Waals surface area contributed by atoms with Gasteiger partial charge < -0.3 is 10.1 Å². The molecule has 4 aromatic rings. The molecule has 0 bridgehead atoms. The number of carbonyl (C=O) groups excluding carboxylic acids is 1. The van der Waals surface area contributed by atoms with Crippen LogP contribution < -0.4 is 10.1 Å². The van der Waals surface area contributed by atoms with Gasteiger partial charge in [-0.3, -0.25) is 4.79 Å². The molecule has 0 saturated carbocycles. The lowest BCUT2D eigenvalue weighted by atomic mass is 10.00. The lowest BCUT2D eigenvalue weighted by Gasteiger charge is -2.13. The Kier molecular flexibility index (Phi) is 8.46. The molecule has 0 aliphatic heterocycles. The fraction of sp³-hybridized carbons (Fsp3) is 0.107. The van der Waals surface area contributed by atoms with Crippen molar-refractivity contribution >= 4 is 12.1 Å². The number of ether oxygens (including phenoxy) is 1. The van der Waals surface area contributed by atoms with Gasteiger partial charge in [0.2, 0.25) is 6.41 Å². The SMILES string of the molecule is Cc1ccccc1-c1ccccc1OCc1ccccc1.O=CNc1cccc(C(F)(F)F)c1. The fourth-order valence-corrected chi connectivity index (χ4v) is 3.28. The highest BCUT2D eigenvalue weighted by atomic mass is 19.4. The summed E-state index contributed by atoms with van der Waals surface area (Å²) >= 11 is 0. The number of rotatable bonds is 6. The van der Waals surface area contributed by atoms with Gasteiger partial charge in [0.1, 0.15) is 12.4 Å². The highest BCUT2D eigenvalue weighted by Gasteiger charge is 2.30. The molecule has 34 heavy (non-hydrogen) atoms. The van der Waals surface area contributed by atoms with Crippen molar-refractivity contribution in [1.29, 1.82) is 0 Å². The molecular formula is C28H24F3NO2. The van der Waals surface area contributed by atoms with Crippen molar-refractivity contribution in [3.8, 4) is 16.9 Å². The maximum atomic E-state index is 12.1. The van der Waals surface area contributed by atoms with Gasteiger partial charge in [-0.1, -0.05) is 78.9 Å². The maximum Gasteiger partial charge on any atom is 0.416 e. The van der Waals surface area contributed by atoms with Crippen LogP contribution in [-0.2, 0) is 17.6 Å². The molecule has 3 nitrogen and oxygen atoms in total. The van der Waals surface area contributed by atoms with E-state index in [1.165, 1.54) is 28.8 Å². The first-order chi connectivity index (χ1) is 16.4. The van der Waals surface area contributed by atoms with E-state index in [0.717, 1.165) is 23.4 Å². The zero-order valence-electron chi connectivity index (χ0n) is 18.5. The zero-order chi connectivity index (χ0) is 24.4. The first-order valence-electron chi connectivity index (χ1n) is 10.6. The molecule has 1 N–H and O–H groups in total. The molecule has 0 aliphatic carbocycles. The van der Waals surface area contributed by atoms with Crippen molar-refractivity contribution < 1.29 is 22.7 Å². The number of hydrogen-bond acceptors (Lipinski definition) is 2. The molecule has 4 aromatic carbocycles. The van der Waals surface area contributed by atoms with Gasteiger partial charge >= 0.3 is 6.18 Å². The second kappa shape index (κ2) is 11.7. The molecule has 0 aliphatic rings. The maximum absolute atomic E-state index is 12.1. The number of halogens is 3. The Bertz CT molecular complexity index is 1210. The lowest BCUT2D eigenvalue weighted by molar-refractivity contribution is -0.137. The van der Waals surface area contributed by atoms with E-state index in [1.54, 1.807) is 0 Å². The molecule has 174 valence electrons. The summed E-state index contributed by atoms with van der Waals surface area (Å²) < 4.78 is 42.3. The highest BCUT2D eigenvalue weighted by molar-refractivity contribution is 5.73. The van der Waals surface area contributed by atoms with Crippen LogP contribution in [0.1, 0.15) is 16.7 Å². The van der Waals surface area contributed by atoms with Crippen LogP contribution >= 0.6 is 0 Å². The summed E-state index contributed by atoms with van der Waals surface area (Å²) in [4.78, 5) is 9.94. The van der Waals surface area contributed by atoms with E-state index in [1.807, 2.05) is 30.3 Å². The lowest BCUT2D eigenvalue weighted by Crippen LogP contribution is -2.05. The Morgan fingerprint density at radius 2 is 1.44 bits per heavy atom. The van der Waals surface area contributed by atoms with E-state index in [0.29, 0.717) is 13.0 Å². The van der Waals surface area contributed by atoms with E-state index in [9.17, 15) is 18.0 Å². The number of amides is 1. The molecule has 0 saturated heterocycles. The molecule has 0 aromatic heterocycles. The minimum Gasteiger partial charge on any atom is -0.488 e. The molecule has 0 radical (unpaired) electrons. The molecular weight excluding hydrogens is 439 g/mol. The number of nitrogens with one attached hydrogen (secondary N) is 1. The van der Waals surface area contributed by atoms with Crippen LogP contribution in [0.15, 0.2) is 103 Å². The minimum absolute atomic E-state index is 0.129. The molecule has 0 fully saturated rings. The van der Waals surface area contributed by atoms with E-state index in [4.69, 9.17) is 4.74 Å². The Hall–Kier alpha value is -4.06. The first-order valence-corrected chi connectivity index (χ1v) is 10.6. The zero-order valence-corrected chi connectivity index (χ0v) is 18.5. The largest absolute Gasteiger partial charge is 0.488 e. The van der Waals surface area contributed by atoms with Crippen molar-refractivity contribution in [3.63, 3.8) is 0 Å². The highest BCUT2D eigenvalue weighted by Crippen LogP contribution is 2.32. The fourth-order valence-electron chi connectivity index (χ4n) is 3.28. The predicted molar refractivity (Wildman–Crippen MR) is 129 cm³/mol. The normalized spacial score (nSPS) is 10.6. The Morgan fingerprint density at radius 3 is 2.12 bits per heavy atom. The van der Waals surface area contributed by atoms with Crippen molar-refractivity contribution in [2.24, 2.45) is 0 Å². The third-order valence-electron chi connectivity index (χ3n) is 4.97. The average Bonchev–Trinajstić information content (AvgIpc) is 2.84. The number of carbonyl (C=O) groups is 1. The second-order valence-electron chi connectivity index (χ2n) is 7.43. The first kappa shape index (κ1) is 24.6. The van der Waals surface area contributed by atoms with Gasteiger partial charge in [0, 0.05) is 11.3 Å². The number of hydrogen-bond donors (Lipinski definition) is 1. The van der Waals surface area contributed by atoms with E-state index >= 15 is 0 Å². The van der Waals surface area contributed by atoms with E-state index < -0.39 is 11.7 Å². The summed E-state index contributed by atoms with van der Waals surface area (Å²) in [5, 5.41) is 2.14.